The zero-order chi connectivity index (χ0) is 10.4. The largest absolute Gasteiger partial charge is 0.497 e. The summed E-state index contributed by atoms with van der Waals surface area (Å²) in [5, 5.41) is 0. The Labute approximate surface area is 82.8 Å². The number of benzene rings is 1. The second-order valence-corrected chi connectivity index (χ2v) is 2.66. The highest BCUT2D eigenvalue weighted by Crippen LogP contribution is 2.15. The van der Waals surface area contributed by atoms with Crippen molar-refractivity contribution in [3.05, 3.63) is 24.3 Å². The molecule has 4 heteroatoms. The van der Waals surface area contributed by atoms with E-state index in [0.29, 0.717) is 12.2 Å². The van der Waals surface area contributed by atoms with E-state index in [4.69, 9.17) is 9.57 Å². The molecule has 0 spiro atoms. The Morgan fingerprint density at radius 3 is 2.36 bits per heavy atom. The van der Waals surface area contributed by atoms with E-state index in [1.165, 1.54) is 0 Å². The lowest BCUT2D eigenvalue weighted by Gasteiger charge is -2.06. The second kappa shape index (κ2) is 5.11. The second-order valence-electron chi connectivity index (χ2n) is 2.66. The Hall–Kier alpha value is -1.71. The molecule has 0 aliphatic heterocycles. The van der Waals surface area contributed by atoms with Gasteiger partial charge in [0.15, 0.2) is 5.75 Å². The molecule has 0 heterocycles. The summed E-state index contributed by atoms with van der Waals surface area (Å²) in [5.74, 6) is 1.17. The molecule has 4 nitrogen and oxygen atoms in total. The molecule has 0 bridgehead atoms. The number of rotatable bonds is 4. The summed E-state index contributed by atoms with van der Waals surface area (Å²) >= 11 is 0. The van der Waals surface area contributed by atoms with Crippen molar-refractivity contribution in [2.75, 3.05) is 7.11 Å². The number of ether oxygens (including phenoxy) is 1. The van der Waals surface area contributed by atoms with Crippen molar-refractivity contribution in [2.45, 2.75) is 13.3 Å². The molecule has 0 unspecified atom stereocenters. The van der Waals surface area contributed by atoms with Gasteiger partial charge in [-0.15, -0.1) is 0 Å². The molecule has 14 heavy (non-hydrogen) atoms. The monoisotopic (exact) mass is 195 g/mol. The highest BCUT2D eigenvalue weighted by molar-refractivity contribution is 5.74. The van der Waals surface area contributed by atoms with Crippen molar-refractivity contribution >= 4 is 5.91 Å². The van der Waals surface area contributed by atoms with Crippen LogP contribution in [-0.4, -0.2) is 13.0 Å². The first kappa shape index (κ1) is 10.4. The van der Waals surface area contributed by atoms with Gasteiger partial charge in [0.05, 0.1) is 7.11 Å². The third kappa shape index (κ3) is 2.97. The number of carbonyl (C=O) groups excluding carboxylic acids is 1. The summed E-state index contributed by atoms with van der Waals surface area (Å²) in [6.45, 7) is 1.76. The predicted molar refractivity (Wildman–Crippen MR) is 52.1 cm³/mol. The van der Waals surface area contributed by atoms with Crippen molar-refractivity contribution in [1.82, 2.24) is 5.48 Å². The van der Waals surface area contributed by atoms with Gasteiger partial charge in [-0.25, -0.2) is 0 Å². The van der Waals surface area contributed by atoms with Crippen LogP contribution >= 0.6 is 0 Å². The fourth-order valence-corrected chi connectivity index (χ4v) is 0.832. The van der Waals surface area contributed by atoms with Crippen LogP contribution in [0.25, 0.3) is 0 Å². The lowest BCUT2D eigenvalue weighted by atomic mass is 10.3. The van der Waals surface area contributed by atoms with Crippen molar-refractivity contribution < 1.29 is 14.4 Å². The Balaban J connectivity index is 2.47. The number of hydrogen-bond acceptors (Lipinski definition) is 3. The van der Waals surface area contributed by atoms with E-state index in [1.807, 2.05) is 0 Å². The molecule has 0 saturated carbocycles. The van der Waals surface area contributed by atoms with Crippen LogP contribution in [0.3, 0.4) is 0 Å². The minimum absolute atomic E-state index is 0.152. The van der Waals surface area contributed by atoms with Crippen LogP contribution in [0.1, 0.15) is 13.3 Å². The summed E-state index contributed by atoms with van der Waals surface area (Å²) in [6.07, 6.45) is 0.399. The van der Waals surface area contributed by atoms with Gasteiger partial charge in [0.1, 0.15) is 5.75 Å². The molecule has 1 rings (SSSR count). The molecule has 0 aliphatic carbocycles. The smallest absolute Gasteiger partial charge is 0.252 e. The van der Waals surface area contributed by atoms with Crippen molar-refractivity contribution in [3.8, 4) is 11.5 Å². The number of nitrogens with one attached hydrogen (secondary N) is 1. The molecule has 0 aliphatic rings. The highest BCUT2D eigenvalue weighted by Gasteiger charge is 1.98. The van der Waals surface area contributed by atoms with E-state index in [-0.39, 0.29) is 5.91 Å². The fourth-order valence-electron chi connectivity index (χ4n) is 0.832. The standard InChI is InChI=1S/C10H13NO3/c1-3-10(12)11-14-9-6-4-8(13-2)5-7-9/h4-7H,3H2,1-2H3,(H,11,12). The third-order valence-electron chi connectivity index (χ3n) is 1.66. The van der Waals surface area contributed by atoms with Gasteiger partial charge in [-0.1, -0.05) is 6.92 Å². The molecule has 0 fully saturated rings. The number of methoxy groups -OCH3 is 1. The van der Waals surface area contributed by atoms with Gasteiger partial charge < -0.3 is 9.57 Å². The van der Waals surface area contributed by atoms with Crippen molar-refractivity contribution in [2.24, 2.45) is 0 Å². The number of carbonyl (C=O) groups is 1. The van der Waals surface area contributed by atoms with Gasteiger partial charge in [-0.2, -0.15) is 5.48 Å². The first-order valence-corrected chi connectivity index (χ1v) is 4.36. The van der Waals surface area contributed by atoms with Gasteiger partial charge in [0.2, 0.25) is 0 Å². The highest BCUT2D eigenvalue weighted by atomic mass is 16.7. The molecule has 1 amide bonds. The summed E-state index contributed by atoms with van der Waals surface area (Å²) in [5.41, 5.74) is 2.31. The van der Waals surface area contributed by atoms with Gasteiger partial charge in [-0.3, -0.25) is 4.79 Å². The van der Waals surface area contributed by atoms with Crippen molar-refractivity contribution in [1.29, 1.82) is 0 Å². The number of amides is 1. The van der Waals surface area contributed by atoms with Crippen LogP contribution in [0.15, 0.2) is 24.3 Å². The summed E-state index contributed by atoms with van der Waals surface area (Å²) in [6, 6.07) is 6.95. The first-order valence-electron chi connectivity index (χ1n) is 4.36. The van der Waals surface area contributed by atoms with Crippen LogP contribution in [0, 0.1) is 0 Å². The zero-order valence-electron chi connectivity index (χ0n) is 8.24. The van der Waals surface area contributed by atoms with Crippen LogP contribution in [-0.2, 0) is 4.79 Å². The first-order chi connectivity index (χ1) is 6.76. The maximum atomic E-state index is 10.8. The molecular weight excluding hydrogens is 182 g/mol. The predicted octanol–water partition coefficient (Wildman–Crippen LogP) is 1.52. The van der Waals surface area contributed by atoms with E-state index >= 15 is 0 Å². The van der Waals surface area contributed by atoms with Gasteiger partial charge in [0.25, 0.3) is 5.91 Å². The van der Waals surface area contributed by atoms with E-state index in [1.54, 1.807) is 38.3 Å². The quantitative estimate of drug-likeness (QED) is 0.741. The molecule has 0 aromatic heterocycles. The number of hydrogen-bond donors (Lipinski definition) is 1. The average Bonchev–Trinajstić information content (AvgIpc) is 2.26. The molecule has 1 aromatic rings. The maximum Gasteiger partial charge on any atom is 0.252 e. The van der Waals surface area contributed by atoms with Crippen LogP contribution in [0.2, 0.25) is 0 Å². The Kier molecular flexibility index (Phi) is 3.79. The van der Waals surface area contributed by atoms with Crippen molar-refractivity contribution in [3.63, 3.8) is 0 Å². The average molecular weight is 195 g/mol. The van der Waals surface area contributed by atoms with Gasteiger partial charge in [-0.05, 0) is 24.3 Å². The van der Waals surface area contributed by atoms with Gasteiger partial charge in [0, 0.05) is 6.42 Å². The molecule has 0 radical (unpaired) electrons. The molecule has 1 aromatic carbocycles. The normalized spacial score (nSPS) is 9.29. The van der Waals surface area contributed by atoms with E-state index in [0.717, 1.165) is 5.75 Å². The maximum absolute atomic E-state index is 10.8. The summed E-state index contributed by atoms with van der Waals surface area (Å²) in [4.78, 5) is 15.9. The summed E-state index contributed by atoms with van der Waals surface area (Å²) in [7, 11) is 1.59. The van der Waals surface area contributed by atoms with Crippen LogP contribution in [0.4, 0.5) is 0 Å². The van der Waals surface area contributed by atoms with Crippen LogP contribution < -0.4 is 15.1 Å². The fraction of sp³-hybridized carbons (Fsp3) is 0.300. The third-order valence-corrected chi connectivity index (χ3v) is 1.66. The van der Waals surface area contributed by atoms with E-state index in [9.17, 15) is 4.79 Å². The minimum Gasteiger partial charge on any atom is -0.497 e. The topological polar surface area (TPSA) is 47.6 Å². The Bertz CT molecular complexity index is 295. The molecule has 0 atom stereocenters. The lowest BCUT2D eigenvalue weighted by Crippen LogP contribution is -2.25. The lowest BCUT2D eigenvalue weighted by molar-refractivity contribution is -0.127. The molecule has 1 N–H and O–H groups in total. The van der Waals surface area contributed by atoms with Crippen LogP contribution in [0.5, 0.6) is 11.5 Å². The minimum atomic E-state index is -0.152. The summed E-state index contributed by atoms with van der Waals surface area (Å²) < 4.78 is 4.97. The molecule has 76 valence electrons. The number of hydroxylamine groups is 1. The van der Waals surface area contributed by atoms with E-state index < -0.39 is 0 Å². The van der Waals surface area contributed by atoms with Gasteiger partial charge >= 0.3 is 0 Å². The zero-order valence-corrected chi connectivity index (χ0v) is 8.24. The van der Waals surface area contributed by atoms with E-state index in [2.05, 4.69) is 5.48 Å². The SMILES string of the molecule is CCC(=O)NOc1ccc(OC)cc1. The Morgan fingerprint density at radius 2 is 1.86 bits per heavy atom. The Morgan fingerprint density at radius 1 is 1.29 bits per heavy atom. The molecule has 0 saturated heterocycles. The molecular formula is C10H13NO3.